The molecule has 2 N–H and O–H groups in total. The van der Waals surface area contributed by atoms with Gasteiger partial charge in [0.15, 0.2) is 0 Å². The van der Waals surface area contributed by atoms with Crippen molar-refractivity contribution in [3.63, 3.8) is 0 Å². The Labute approximate surface area is 139 Å². The van der Waals surface area contributed by atoms with Gasteiger partial charge in [0.25, 0.3) is 0 Å². The number of benzene rings is 1. The second kappa shape index (κ2) is 8.39. The first kappa shape index (κ1) is 18.8. The summed E-state index contributed by atoms with van der Waals surface area (Å²) in [6.07, 6.45) is 0. The molecule has 2 unspecified atom stereocenters. The van der Waals surface area contributed by atoms with E-state index in [-0.39, 0.29) is 30.3 Å². The molecule has 0 radical (unpaired) electrons. The van der Waals surface area contributed by atoms with Crippen LogP contribution in [0.3, 0.4) is 0 Å². The summed E-state index contributed by atoms with van der Waals surface area (Å²) in [5.74, 6) is 1.85. The van der Waals surface area contributed by atoms with E-state index in [1.807, 2.05) is 31.2 Å². The highest BCUT2D eigenvalue weighted by atomic mass is 35.5. The van der Waals surface area contributed by atoms with Gasteiger partial charge in [-0.2, -0.15) is 0 Å². The topological polar surface area (TPSA) is 50.4 Å². The minimum absolute atomic E-state index is 0. The van der Waals surface area contributed by atoms with Crippen LogP contribution in [0.15, 0.2) is 24.3 Å². The molecule has 1 heterocycles. The zero-order chi connectivity index (χ0) is 15.4. The van der Waals surface area contributed by atoms with E-state index in [0.29, 0.717) is 11.8 Å². The van der Waals surface area contributed by atoms with E-state index < -0.39 is 0 Å². The zero-order valence-corrected chi connectivity index (χ0v) is 14.6. The summed E-state index contributed by atoms with van der Waals surface area (Å²) in [6.45, 7) is 8.18. The Morgan fingerprint density at radius 2 is 1.82 bits per heavy atom. The first-order valence-corrected chi connectivity index (χ1v) is 7.68. The number of halogens is 1. The third-order valence-electron chi connectivity index (χ3n) is 4.37. The standard InChI is InChI=1S/C17H26N2O2.ClH/c1-11(2)16(13-5-7-15(21-4)8-6-13)19-17(20)12(3)14-9-18-10-14;/h5-8,11-12,14,16,18H,9-10H2,1-4H3,(H,19,20);1H. The molecular formula is C17H27ClN2O2. The first-order valence-electron chi connectivity index (χ1n) is 7.68. The maximum Gasteiger partial charge on any atom is 0.223 e. The van der Waals surface area contributed by atoms with Gasteiger partial charge in [-0.1, -0.05) is 32.9 Å². The van der Waals surface area contributed by atoms with Crippen molar-refractivity contribution in [2.75, 3.05) is 20.2 Å². The number of carbonyl (C=O) groups is 1. The van der Waals surface area contributed by atoms with Gasteiger partial charge in [-0.15, -0.1) is 12.4 Å². The van der Waals surface area contributed by atoms with Crippen LogP contribution >= 0.6 is 12.4 Å². The Balaban J connectivity index is 0.00000242. The summed E-state index contributed by atoms with van der Waals surface area (Å²) in [4.78, 5) is 12.4. The molecule has 0 bridgehead atoms. The van der Waals surface area contributed by atoms with Crippen molar-refractivity contribution in [3.8, 4) is 5.75 Å². The van der Waals surface area contributed by atoms with Crippen LogP contribution in [-0.2, 0) is 4.79 Å². The second-order valence-electron chi connectivity index (χ2n) is 6.21. The van der Waals surface area contributed by atoms with Gasteiger partial charge in [0, 0.05) is 5.92 Å². The molecule has 1 aromatic rings. The van der Waals surface area contributed by atoms with E-state index in [2.05, 4.69) is 24.5 Å². The molecule has 0 saturated carbocycles. The average molecular weight is 327 g/mol. The van der Waals surface area contributed by atoms with Gasteiger partial charge in [-0.25, -0.2) is 0 Å². The van der Waals surface area contributed by atoms with Crippen LogP contribution in [0.25, 0.3) is 0 Å². The van der Waals surface area contributed by atoms with Crippen molar-refractivity contribution in [3.05, 3.63) is 29.8 Å². The van der Waals surface area contributed by atoms with Crippen molar-refractivity contribution >= 4 is 18.3 Å². The molecule has 1 aliphatic heterocycles. The number of hydrogen-bond acceptors (Lipinski definition) is 3. The number of ether oxygens (including phenoxy) is 1. The fraction of sp³-hybridized carbons (Fsp3) is 0.588. The van der Waals surface area contributed by atoms with Crippen LogP contribution in [-0.4, -0.2) is 26.1 Å². The molecule has 2 atom stereocenters. The summed E-state index contributed by atoms with van der Waals surface area (Å²) < 4.78 is 5.19. The predicted octanol–water partition coefficient (Wildman–Crippen LogP) is 2.79. The molecule has 0 spiro atoms. The quantitative estimate of drug-likeness (QED) is 0.845. The normalized spacial score (nSPS) is 17.1. The third kappa shape index (κ3) is 4.37. The van der Waals surface area contributed by atoms with Gasteiger partial charge in [0.2, 0.25) is 5.91 Å². The summed E-state index contributed by atoms with van der Waals surface area (Å²) in [5, 5.41) is 6.44. The smallest absolute Gasteiger partial charge is 0.223 e. The van der Waals surface area contributed by atoms with Crippen LogP contribution in [0.1, 0.15) is 32.4 Å². The molecule has 1 amide bonds. The number of methoxy groups -OCH3 is 1. The number of rotatable bonds is 6. The minimum Gasteiger partial charge on any atom is -0.497 e. The highest BCUT2D eigenvalue weighted by molar-refractivity contribution is 5.85. The molecule has 0 aliphatic carbocycles. The van der Waals surface area contributed by atoms with Crippen molar-refractivity contribution in [1.29, 1.82) is 0 Å². The Bertz CT molecular complexity index is 472. The van der Waals surface area contributed by atoms with Crippen LogP contribution in [0.2, 0.25) is 0 Å². The number of amides is 1. The molecule has 2 rings (SSSR count). The Morgan fingerprint density at radius 3 is 2.23 bits per heavy atom. The van der Waals surface area contributed by atoms with E-state index in [9.17, 15) is 4.79 Å². The zero-order valence-electron chi connectivity index (χ0n) is 13.8. The number of hydrogen-bond donors (Lipinski definition) is 2. The monoisotopic (exact) mass is 326 g/mol. The lowest BCUT2D eigenvalue weighted by Crippen LogP contribution is -2.50. The molecule has 5 heteroatoms. The van der Waals surface area contributed by atoms with Gasteiger partial charge in [-0.05, 0) is 42.6 Å². The predicted molar refractivity (Wildman–Crippen MR) is 91.5 cm³/mol. The van der Waals surface area contributed by atoms with Crippen LogP contribution in [0, 0.1) is 17.8 Å². The largest absolute Gasteiger partial charge is 0.497 e. The first-order chi connectivity index (χ1) is 10.0. The molecule has 1 aliphatic rings. The average Bonchev–Trinajstić information content (AvgIpc) is 2.42. The third-order valence-corrected chi connectivity index (χ3v) is 4.37. The SMILES string of the molecule is COc1ccc(C(NC(=O)C(C)C2CNC2)C(C)C)cc1.Cl. The number of nitrogens with one attached hydrogen (secondary N) is 2. The van der Waals surface area contributed by atoms with E-state index >= 15 is 0 Å². The van der Waals surface area contributed by atoms with Crippen LogP contribution in [0.4, 0.5) is 0 Å². The van der Waals surface area contributed by atoms with E-state index in [4.69, 9.17) is 4.74 Å². The lowest BCUT2D eigenvalue weighted by Gasteiger charge is -2.33. The fourth-order valence-electron chi connectivity index (χ4n) is 2.61. The van der Waals surface area contributed by atoms with Gasteiger partial charge >= 0.3 is 0 Å². The summed E-state index contributed by atoms with van der Waals surface area (Å²) in [6, 6.07) is 7.98. The molecule has 22 heavy (non-hydrogen) atoms. The molecule has 1 saturated heterocycles. The Hall–Kier alpha value is -1.26. The van der Waals surface area contributed by atoms with Crippen LogP contribution in [0.5, 0.6) is 5.75 Å². The molecule has 1 fully saturated rings. The minimum atomic E-state index is 0. The summed E-state index contributed by atoms with van der Waals surface area (Å²) in [7, 11) is 1.66. The lowest BCUT2D eigenvalue weighted by atomic mass is 9.87. The molecule has 1 aromatic carbocycles. The van der Waals surface area contributed by atoms with Gasteiger partial charge in [-0.3, -0.25) is 4.79 Å². The van der Waals surface area contributed by atoms with Crippen LogP contribution < -0.4 is 15.4 Å². The van der Waals surface area contributed by atoms with E-state index in [1.165, 1.54) is 0 Å². The number of carbonyl (C=O) groups excluding carboxylic acids is 1. The van der Waals surface area contributed by atoms with Crippen molar-refractivity contribution in [2.24, 2.45) is 17.8 Å². The highest BCUT2D eigenvalue weighted by Crippen LogP contribution is 2.25. The molecule has 4 nitrogen and oxygen atoms in total. The van der Waals surface area contributed by atoms with Crippen molar-refractivity contribution in [1.82, 2.24) is 10.6 Å². The lowest BCUT2D eigenvalue weighted by molar-refractivity contribution is -0.127. The Morgan fingerprint density at radius 1 is 1.23 bits per heavy atom. The Kier molecular flexibility index (Phi) is 7.17. The van der Waals surface area contributed by atoms with E-state index in [0.717, 1.165) is 24.4 Å². The van der Waals surface area contributed by atoms with E-state index in [1.54, 1.807) is 7.11 Å². The maximum absolute atomic E-state index is 12.4. The molecular weight excluding hydrogens is 300 g/mol. The second-order valence-corrected chi connectivity index (χ2v) is 6.21. The summed E-state index contributed by atoms with van der Waals surface area (Å²) >= 11 is 0. The molecule has 124 valence electrons. The van der Waals surface area contributed by atoms with Gasteiger partial charge in [0.1, 0.15) is 5.75 Å². The maximum atomic E-state index is 12.4. The van der Waals surface area contributed by atoms with Crippen molar-refractivity contribution < 1.29 is 9.53 Å². The van der Waals surface area contributed by atoms with Gasteiger partial charge < -0.3 is 15.4 Å². The highest BCUT2D eigenvalue weighted by Gasteiger charge is 2.30. The van der Waals surface area contributed by atoms with Crippen molar-refractivity contribution in [2.45, 2.75) is 26.8 Å². The fourth-order valence-corrected chi connectivity index (χ4v) is 2.61. The van der Waals surface area contributed by atoms with Gasteiger partial charge in [0.05, 0.1) is 13.2 Å². The molecule has 0 aromatic heterocycles. The summed E-state index contributed by atoms with van der Waals surface area (Å²) in [5.41, 5.74) is 1.12.